The lowest BCUT2D eigenvalue weighted by atomic mass is 10.0. The summed E-state index contributed by atoms with van der Waals surface area (Å²) in [5, 5.41) is 11.1. The zero-order chi connectivity index (χ0) is 21.5. The summed E-state index contributed by atoms with van der Waals surface area (Å²) in [6.07, 6.45) is 0.629. The Morgan fingerprint density at radius 1 is 1.10 bits per heavy atom. The van der Waals surface area contributed by atoms with Crippen LogP contribution in [0.1, 0.15) is 24.2 Å². The van der Waals surface area contributed by atoms with Crippen molar-refractivity contribution in [3.8, 4) is 11.1 Å². The smallest absolute Gasteiger partial charge is 0.303 e. The molecule has 0 unspecified atom stereocenters. The lowest BCUT2D eigenvalue weighted by Crippen LogP contribution is -2.19. The summed E-state index contributed by atoms with van der Waals surface area (Å²) in [7, 11) is 0. The van der Waals surface area contributed by atoms with Gasteiger partial charge in [-0.05, 0) is 35.7 Å². The quantitative estimate of drug-likeness (QED) is 0.562. The van der Waals surface area contributed by atoms with Crippen molar-refractivity contribution in [2.45, 2.75) is 19.4 Å². The first-order chi connectivity index (χ1) is 14.4. The Morgan fingerprint density at radius 3 is 2.47 bits per heavy atom. The maximum atomic E-state index is 11.8. The normalized spacial score (nSPS) is 11.6. The highest BCUT2D eigenvalue weighted by atomic mass is 35.5. The van der Waals surface area contributed by atoms with E-state index in [-0.39, 0.29) is 17.8 Å². The third kappa shape index (κ3) is 5.85. The fourth-order valence-electron chi connectivity index (χ4n) is 2.85. The number of hydrogen-bond donors (Lipinski definition) is 2. The van der Waals surface area contributed by atoms with Crippen LogP contribution < -0.4 is 11.1 Å². The van der Waals surface area contributed by atoms with Crippen molar-refractivity contribution in [3.63, 3.8) is 0 Å². The van der Waals surface area contributed by atoms with Gasteiger partial charge in [0, 0.05) is 18.2 Å². The average Bonchev–Trinajstić information content (AvgIpc) is 2.74. The summed E-state index contributed by atoms with van der Waals surface area (Å²) in [6.45, 7) is 0.911. The molecule has 3 N–H and O–H groups in total. The number of aromatic nitrogens is 2. The molecule has 30 heavy (non-hydrogen) atoms. The molecule has 1 amide bonds. The number of esters is 1. The van der Waals surface area contributed by atoms with E-state index in [4.69, 9.17) is 17.3 Å². The Kier molecular flexibility index (Phi) is 7.11. The molecule has 0 aliphatic carbocycles. The number of carbonyl (C=O) groups excluding carboxylic acids is 2. The van der Waals surface area contributed by atoms with Gasteiger partial charge >= 0.3 is 5.97 Å². The Balaban J connectivity index is 1.73. The minimum absolute atomic E-state index is 0.261. The van der Waals surface area contributed by atoms with Gasteiger partial charge in [0.05, 0.1) is 11.7 Å². The summed E-state index contributed by atoms with van der Waals surface area (Å²) >= 11 is 6.26. The molecule has 0 spiro atoms. The van der Waals surface area contributed by atoms with Gasteiger partial charge in [0.15, 0.2) is 11.8 Å². The predicted molar refractivity (Wildman–Crippen MR) is 115 cm³/mol. The summed E-state index contributed by atoms with van der Waals surface area (Å²) < 4.78 is 4.67. The van der Waals surface area contributed by atoms with Crippen molar-refractivity contribution < 1.29 is 14.3 Å². The molecule has 7 nitrogen and oxygen atoms in total. The molecule has 0 fully saturated rings. The molecule has 0 saturated carbocycles. The largest absolute Gasteiger partial charge is 0.456 e. The number of nitrogens with one attached hydrogen (secondary N) is 1. The van der Waals surface area contributed by atoms with Gasteiger partial charge in [0.25, 0.3) is 5.91 Å². The van der Waals surface area contributed by atoms with E-state index in [0.717, 1.165) is 11.1 Å². The van der Waals surface area contributed by atoms with E-state index in [0.29, 0.717) is 23.4 Å². The van der Waals surface area contributed by atoms with E-state index < -0.39 is 11.9 Å². The van der Waals surface area contributed by atoms with Crippen LogP contribution in [0.15, 0.2) is 60.7 Å². The molecule has 154 valence electrons. The van der Waals surface area contributed by atoms with Crippen LogP contribution in [-0.2, 0) is 20.7 Å². The highest BCUT2D eigenvalue weighted by Gasteiger charge is 2.14. The molecule has 3 aromatic rings. The standard InChI is InChI=1S/C22H21ClN4O3/c1-14(28)30-13-21(29)25-17-9-7-16(8-10-17)18-12-20(26-27-22(18)23)19(24)11-15-5-3-2-4-6-15/h2-10,12,19H,11,13,24H2,1H3,(H,25,29)/t19-/m0/s1. The number of nitrogens with zero attached hydrogens (tertiary/aromatic N) is 2. The van der Waals surface area contributed by atoms with Crippen LogP contribution in [-0.4, -0.2) is 28.7 Å². The zero-order valence-corrected chi connectivity index (χ0v) is 17.1. The van der Waals surface area contributed by atoms with Gasteiger partial charge in [-0.1, -0.05) is 54.1 Å². The number of rotatable bonds is 7. The van der Waals surface area contributed by atoms with Crippen molar-refractivity contribution >= 4 is 29.2 Å². The second kappa shape index (κ2) is 9.96. The molecule has 0 aliphatic rings. The predicted octanol–water partition coefficient (Wildman–Crippen LogP) is 3.54. The molecule has 2 aromatic carbocycles. The maximum Gasteiger partial charge on any atom is 0.303 e. The highest BCUT2D eigenvalue weighted by molar-refractivity contribution is 6.32. The molecule has 1 aromatic heterocycles. The van der Waals surface area contributed by atoms with Crippen molar-refractivity contribution in [2.75, 3.05) is 11.9 Å². The molecule has 0 saturated heterocycles. The van der Waals surface area contributed by atoms with Crippen LogP contribution in [0.25, 0.3) is 11.1 Å². The van der Waals surface area contributed by atoms with E-state index in [1.165, 1.54) is 6.92 Å². The Hall–Kier alpha value is -3.29. The summed E-state index contributed by atoms with van der Waals surface area (Å²) in [6, 6.07) is 18.5. The summed E-state index contributed by atoms with van der Waals surface area (Å²) in [5.74, 6) is -0.933. The van der Waals surface area contributed by atoms with Crippen molar-refractivity contribution in [1.29, 1.82) is 0 Å². The molecule has 0 radical (unpaired) electrons. The van der Waals surface area contributed by atoms with E-state index in [9.17, 15) is 9.59 Å². The van der Waals surface area contributed by atoms with Crippen molar-refractivity contribution in [3.05, 3.63) is 77.1 Å². The van der Waals surface area contributed by atoms with Gasteiger partial charge in [-0.3, -0.25) is 9.59 Å². The van der Waals surface area contributed by atoms with Gasteiger partial charge in [-0.2, -0.15) is 5.10 Å². The second-order valence-corrected chi connectivity index (χ2v) is 7.03. The fraction of sp³-hybridized carbons (Fsp3) is 0.182. The Bertz CT molecular complexity index is 1030. The number of halogens is 1. The van der Waals surface area contributed by atoms with Gasteiger partial charge < -0.3 is 15.8 Å². The van der Waals surface area contributed by atoms with Gasteiger partial charge in [0.2, 0.25) is 0 Å². The SMILES string of the molecule is CC(=O)OCC(=O)Nc1ccc(-c2cc([C@@H](N)Cc3ccccc3)nnc2Cl)cc1. The Labute approximate surface area is 179 Å². The van der Waals surface area contributed by atoms with Crippen LogP contribution in [0.5, 0.6) is 0 Å². The zero-order valence-electron chi connectivity index (χ0n) is 16.3. The number of carbonyl (C=O) groups is 2. The first-order valence-corrected chi connectivity index (χ1v) is 9.66. The number of nitrogens with two attached hydrogens (primary N) is 1. The van der Waals surface area contributed by atoms with Gasteiger partial charge in [-0.15, -0.1) is 5.10 Å². The third-order valence-corrected chi connectivity index (χ3v) is 4.61. The number of benzene rings is 2. The Morgan fingerprint density at radius 2 is 1.80 bits per heavy atom. The van der Waals surface area contributed by atoms with Gasteiger partial charge in [0.1, 0.15) is 0 Å². The lowest BCUT2D eigenvalue weighted by molar-refractivity contribution is -0.144. The first kappa shape index (κ1) is 21.4. The van der Waals surface area contributed by atoms with Crippen molar-refractivity contribution in [2.24, 2.45) is 5.73 Å². The number of ether oxygens (including phenoxy) is 1. The topological polar surface area (TPSA) is 107 Å². The number of anilines is 1. The van der Waals surface area contributed by atoms with Crippen molar-refractivity contribution in [1.82, 2.24) is 10.2 Å². The van der Waals surface area contributed by atoms with E-state index >= 15 is 0 Å². The lowest BCUT2D eigenvalue weighted by Gasteiger charge is -2.13. The first-order valence-electron chi connectivity index (χ1n) is 9.28. The van der Waals surface area contributed by atoms with E-state index in [1.54, 1.807) is 24.3 Å². The van der Waals surface area contributed by atoms with Gasteiger partial charge in [-0.25, -0.2) is 0 Å². The van der Waals surface area contributed by atoms with Crippen LogP contribution in [0.4, 0.5) is 5.69 Å². The number of hydrogen-bond acceptors (Lipinski definition) is 6. The highest BCUT2D eigenvalue weighted by Crippen LogP contribution is 2.29. The molecule has 1 atom stereocenters. The summed E-state index contributed by atoms with van der Waals surface area (Å²) in [5.41, 5.74) is 10.1. The molecule has 0 bridgehead atoms. The van der Waals surface area contributed by atoms with Crippen LogP contribution in [0.2, 0.25) is 5.15 Å². The van der Waals surface area contributed by atoms with Crippen LogP contribution in [0.3, 0.4) is 0 Å². The third-order valence-electron chi connectivity index (χ3n) is 4.33. The van der Waals surface area contributed by atoms with E-state index in [1.807, 2.05) is 36.4 Å². The summed E-state index contributed by atoms with van der Waals surface area (Å²) in [4.78, 5) is 22.5. The van der Waals surface area contributed by atoms with Crippen LogP contribution >= 0.6 is 11.6 Å². The minimum atomic E-state index is -0.512. The molecule has 8 heteroatoms. The maximum absolute atomic E-state index is 11.8. The average molecular weight is 425 g/mol. The molecular weight excluding hydrogens is 404 g/mol. The molecular formula is C22H21ClN4O3. The minimum Gasteiger partial charge on any atom is -0.456 e. The monoisotopic (exact) mass is 424 g/mol. The molecule has 0 aliphatic heterocycles. The molecule has 1 heterocycles. The van der Waals surface area contributed by atoms with Crippen LogP contribution in [0, 0.1) is 0 Å². The number of amides is 1. The van der Waals surface area contributed by atoms with E-state index in [2.05, 4.69) is 20.3 Å². The second-order valence-electron chi connectivity index (χ2n) is 6.68. The fourth-order valence-corrected chi connectivity index (χ4v) is 3.05. The molecule has 3 rings (SSSR count).